The lowest BCUT2D eigenvalue weighted by atomic mass is 9.94. The van der Waals surface area contributed by atoms with E-state index >= 15 is 0 Å². The largest absolute Gasteiger partial charge is 0.369 e. The summed E-state index contributed by atoms with van der Waals surface area (Å²) in [7, 11) is 0. The standard InChI is InChI=1S/C24H29N5O2/c1-3-17(4-2)29(21(30)16-27-15-14-26-24(27)25)22-19-12-8-9-13-20(19)28(23(22)31)18-10-6-5-7-11-18/h3-4,8-9,12-15,18,22H,1,5-7,10-11,16H2,2H3,(H2,25,26)/b17-4+. The molecule has 2 heterocycles. The molecule has 1 aromatic heterocycles. The molecule has 0 radical (unpaired) electrons. The molecule has 1 aliphatic carbocycles. The van der Waals surface area contributed by atoms with Gasteiger partial charge >= 0.3 is 0 Å². The zero-order chi connectivity index (χ0) is 22.0. The molecule has 4 rings (SSSR count). The highest BCUT2D eigenvalue weighted by molar-refractivity contribution is 6.07. The maximum Gasteiger partial charge on any atom is 0.255 e. The van der Waals surface area contributed by atoms with Crippen molar-refractivity contribution in [3.8, 4) is 0 Å². The summed E-state index contributed by atoms with van der Waals surface area (Å²) < 4.78 is 1.58. The molecule has 1 fully saturated rings. The van der Waals surface area contributed by atoms with Crippen molar-refractivity contribution in [2.45, 2.75) is 57.7 Å². The van der Waals surface area contributed by atoms with Crippen LogP contribution in [-0.2, 0) is 16.1 Å². The van der Waals surface area contributed by atoms with E-state index in [9.17, 15) is 9.59 Å². The number of imidazole rings is 1. The summed E-state index contributed by atoms with van der Waals surface area (Å²) in [6, 6.07) is 7.26. The quantitative estimate of drug-likeness (QED) is 0.722. The summed E-state index contributed by atoms with van der Waals surface area (Å²) in [5.41, 5.74) is 8.24. The molecule has 1 unspecified atom stereocenters. The average molecular weight is 420 g/mol. The molecule has 2 aromatic rings. The van der Waals surface area contributed by atoms with Crippen LogP contribution in [0.1, 0.15) is 50.6 Å². The van der Waals surface area contributed by atoms with Gasteiger partial charge in [0.2, 0.25) is 11.9 Å². The van der Waals surface area contributed by atoms with Gasteiger partial charge in [0.05, 0.1) is 0 Å². The molecule has 0 saturated heterocycles. The highest BCUT2D eigenvalue weighted by Gasteiger charge is 2.45. The fourth-order valence-electron chi connectivity index (χ4n) is 4.78. The van der Waals surface area contributed by atoms with E-state index in [1.807, 2.05) is 36.1 Å². The Balaban J connectivity index is 1.75. The maximum atomic E-state index is 13.8. The summed E-state index contributed by atoms with van der Waals surface area (Å²) in [6.45, 7) is 5.71. The lowest BCUT2D eigenvalue weighted by Crippen LogP contribution is -2.45. The Morgan fingerprint density at radius 3 is 2.68 bits per heavy atom. The Bertz CT molecular complexity index is 1020. The van der Waals surface area contributed by atoms with E-state index in [1.54, 1.807) is 34.0 Å². The smallest absolute Gasteiger partial charge is 0.255 e. The molecular weight excluding hydrogens is 390 g/mol. The number of nitrogens with two attached hydrogens (primary N) is 1. The van der Waals surface area contributed by atoms with Crippen molar-refractivity contribution in [3.05, 3.63) is 66.7 Å². The summed E-state index contributed by atoms with van der Waals surface area (Å²) in [6.07, 6.45) is 12.1. The van der Waals surface area contributed by atoms with Gasteiger partial charge in [0.15, 0.2) is 0 Å². The van der Waals surface area contributed by atoms with Gasteiger partial charge in [-0.1, -0.05) is 50.1 Å². The highest BCUT2D eigenvalue weighted by Crippen LogP contribution is 2.44. The molecule has 1 aliphatic heterocycles. The van der Waals surface area contributed by atoms with Crippen LogP contribution >= 0.6 is 0 Å². The summed E-state index contributed by atoms with van der Waals surface area (Å²) in [5, 5.41) is 0. The molecular formula is C24H29N5O2. The normalized spacial score (nSPS) is 19.4. The molecule has 1 atom stereocenters. The number of nitrogens with zero attached hydrogens (tertiary/aromatic N) is 4. The van der Waals surface area contributed by atoms with Gasteiger partial charge in [0, 0.05) is 35.4 Å². The third-order valence-electron chi connectivity index (χ3n) is 6.27. The number of benzene rings is 1. The van der Waals surface area contributed by atoms with Crippen LogP contribution in [0.3, 0.4) is 0 Å². The third kappa shape index (κ3) is 3.76. The summed E-state index contributed by atoms with van der Waals surface area (Å²) in [4.78, 5) is 34.8. The zero-order valence-corrected chi connectivity index (χ0v) is 17.9. The van der Waals surface area contributed by atoms with Crippen LogP contribution in [0.2, 0.25) is 0 Å². The molecule has 2 aliphatic rings. The number of aromatic nitrogens is 2. The average Bonchev–Trinajstić information content (AvgIpc) is 3.32. The lowest BCUT2D eigenvalue weighted by molar-refractivity contribution is -0.137. The van der Waals surface area contributed by atoms with Gasteiger partial charge in [-0.3, -0.25) is 14.5 Å². The van der Waals surface area contributed by atoms with Crippen molar-refractivity contribution < 1.29 is 9.59 Å². The fraction of sp³-hybridized carbons (Fsp3) is 0.375. The maximum absolute atomic E-state index is 13.8. The van der Waals surface area contributed by atoms with Crippen LogP contribution in [0.4, 0.5) is 11.6 Å². The van der Waals surface area contributed by atoms with Gasteiger partial charge in [-0.2, -0.15) is 0 Å². The van der Waals surface area contributed by atoms with E-state index < -0.39 is 6.04 Å². The number of carbonyl (C=O) groups is 2. The van der Waals surface area contributed by atoms with Gasteiger partial charge in [0.25, 0.3) is 5.91 Å². The predicted octanol–water partition coefficient (Wildman–Crippen LogP) is 3.80. The molecule has 1 aromatic carbocycles. The fourth-order valence-corrected chi connectivity index (χ4v) is 4.78. The molecule has 0 spiro atoms. The minimum absolute atomic E-state index is 0.00755. The first-order chi connectivity index (χ1) is 15.1. The second kappa shape index (κ2) is 8.79. The first-order valence-electron chi connectivity index (χ1n) is 10.9. The Kier molecular flexibility index (Phi) is 5.93. The van der Waals surface area contributed by atoms with Gasteiger partial charge in [0.1, 0.15) is 12.6 Å². The minimum Gasteiger partial charge on any atom is -0.369 e. The topological polar surface area (TPSA) is 84.5 Å². The number of para-hydroxylation sites is 1. The van der Waals surface area contributed by atoms with Gasteiger partial charge in [-0.25, -0.2) is 4.98 Å². The van der Waals surface area contributed by atoms with Crippen LogP contribution in [-0.4, -0.2) is 32.3 Å². The second-order valence-corrected chi connectivity index (χ2v) is 8.06. The monoisotopic (exact) mass is 419 g/mol. The van der Waals surface area contributed by atoms with E-state index in [0.717, 1.165) is 36.9 Å². The molecule has 31 heavy (non-hydrogen) atoms. The predicted molar refractivity (Wildman–Crippen MR) is 121 cm³/mol. The molecule has 1 saturated carbocycles. The van der Waals surface area contributed by atoms with Crippen LogP contribution in [0.25, 0.3) is 0 Å². The van der Waals surface area contributed by atoms with E-state index in [2.05, 4.69) is 11.6 Å². The number of hydrogen-bond donors (Lipinski definition) is 1. The van der Waals surface area contributed by atoms with E-state index in [1.165, 1.54) is 6.42 Å². The van der Waals surface area contributed by atoms with E-state index in [4.69, 9.17) is 5.73 Å². The second-order valence-electron chi connectivity index (χ2n) is 8.06. The molecule has 7 nitrogen and oxygen atoms in total. The number of allylic oxidation sites excluding steroid dienone is 2. The Hall–Kier alpha value is -3.35. The number of carbonyl (C=O) groups excluding carboxylic acids is 2. The molecule has 7 heteroatoms. The number of hydrogen-bond acceptors (Lipinski definition) is 4. The van der Waals surface area contributed by atoms with Crippen LogP contribution in [0, 0.1) is 0 Å². The van der Waals surface area contributed by atoms with Crippen molar-refractivity contribution in [1.29, 1.82) is 0 Å². The third-order valence-corrected chi connectivity index (χ3v) is 6.27. The zero-order valence-electron chi connectivity index (χ0n) is 17.9. The first-order valence-corrected chi connectivity index (χ1v) is 10.9. The van der Waals surface area contributed by atoms with Gasteiger partial charge < -0.3 is 15.2 Å². The van der Waals surface area contributed by atoms with Crippen LogP contribution in [0.15, 0.2) is 61.1 Å². The molecule has 0 bridgehead atoms. The molecule has 2 amide bonds. The Labute approximate surface area is 182 Å². The Morgan fingerprint density at radius 1 is 1.29 bits per heavy atom. The summed E-state index contributed by atoms with van der Waals surface area (Å²) in [5.74, 6) is -0.0338. The van der Waals surface area contributed by atoms with E-state index in [-0.39, 0.29) is 30.3 Å². The lowest BCUT2D eigenvalue weighted by Gasteiger charge is -2.33. The molecule has 2 N–H and O–H groups in total. The minimum atomic E-state index is -0.723. The number of fused-ring (bicyclic) bond motifs is 1. The van der Waals surface area contributed by atoms with Crippen molar-refractivity contribution >= 4 is 23.5 Å². The van der Waals surface area contributed by atoms with Crippen molar-refractivity contribution in [1.82, 2.24) is 14.5 Å². The van der Waals surface area contributed by atoms with Crippen LogP contribution in [0.5, 0.6) is 0 Å². The number of amides is 2. The van der Waals surface area contributed by atoms with Crippen molar-refractivity contribution in [2.24, 2.45) is 0 Å². The highest BCUT2D eigenvalue weighted by atomic mass is 16.2. The van der Waals surface area contributed by atoms with Gasteiger partial charge in [-0.15, -0.1) is 0 Å². The van der Waals surface area contributed by atoms with Crippen molar-refractivity contribution in [3.63, 3.8) is 0 Å². The number of anilines is 2. The number of nitrogen functional groups attached to an aromatic ring is 1. The SMILES string of the molecule is C=C/C(=C\C)N(C(=O)Cn1ccnc1N)C1C(=O)N(C2CCCCC2)c2ccccc21. The summed E-state index contributed by atoms with van der Waals surface area (Å²) >= 11 is 0. The molecule has 162 valence electrons. The van der Waals surface area contributed by atoms with Crippen LogP contribution < -0.4 is 10.6 Å². The van der Waals surface area contributed by atoms with Crippen molar-refractivity contribution in [2.75, 3.05) is 10.6 Å². The first kappa shape index (κ1) is 20.9. The Morgan fingerprint density at radius 2 is 2.03 bits per heavy atom. The number of rotatable bonds is 6. The van der Waals surface area contributed by atoms with E-state index in [0.29, 0.717) is 5.70 Å². The van der Waals surface area contributed by atoms with Gasteiger partial charge in [-0.05, 0) is 31.9 Å².